The molecule has 72 valence electrons. The predicted molar refractivity (Wildman–Crippen MR) is 48.0 cm³/mol. The summed E-state index contributed by atoms with van der Waals surface area (Å²) >= 11 is 5.45. The van der Waals surface area contributed by atoms with Crippen molar-refractivity contribution in [2.24, 2.45) is 0 Å². The van der Waals surface area contributed by atoms with E-state index in [9.17, 15) is 9.18 Å². The fraction of sp³-hybridized carbons (Fsp3) is 0.125. The van der Waals surface area contributed by atoms with E-state index in [1.807, 2.05) is 0 Å². The number of carbonyl (C=O) groups is 1. The predicted octanol–water partition coefficient (Wildman–Crippen LogP) is 1.72. The molecule has 0 bridgehead atoms. The molecule has 6 heteroatoms. The van der Waals surface area contributed by atoms with Crippen molar-refractivity contribution in [2.75, 3.05) is 0 Å². The Kier molecular flexibility index (Phi) is 1.96. The van der Waals surface area contributed by atoms with Crippen molar-refractivity contribution < 1.29 is 9.18 Å². The van der Waals surface area contributed by atoms with Crippen molar-refractivity contribution in [3.05, 3.63) is 28.9 Å². The van der Waals surface area contributed by atoms with Crippen LogP contribution in [0.25, 0.3) is 5.65 Å². The normalized spacial score (nSPS) is 10.8. The first-order valence-corrected chi connectivity index (χ1v) is 4.18. The van der Waals surface area contributed by atoms with Gasteiger partial charge in [-0.25, -0.2) is 9.50 Å². The Morgan fingerprint density at radius 3 is 3.00 bits per heavy atom. The summed E-state index contributed by atoms with van der Waals surface area (Å²) in [6.07, 6.45) is 1.44. The van der Waals surface area contributed by atoms with Crippen LogP contribution in [-0.2, 0) is 0 Å². The summed E-state index contributed by atoms with van der Waals surface area (Å²) < 4.78 is 14.4. The van der Waals surface area contributed by atoms with Crippen LogP contribution in [0.4, 0.5) is 4.39 Å². The molecule has 0 radical (unpaired) electrons. The molecule has 0 amide bonds. The lowest BCUT2D eigenvalue weighted by Gasteiger charge is -1.95. The summed E-state index contributed by atoms with van der Waals surface area (Å²) in [5.41, 5.74) is 0.149. The Labute approximate surface area is 83.3 Å². The number of fused-ring (bicyclic) bond motifs is 1. The zero-order valence-corrected chi connectivity index (χ0v) is 7.92. The van der Waals surface area contributed by atoms with E-state index in [0.717, 1.165) is 0 Å². The molecule has 14 heavy (non-hydrogen) atoms. The van der Waals surface area contributed by atoms with E-state index in [4.69, 9.17) is 11.6 Å². The first kappa shape index (κ1) is 9.08. The topological polar surface area (TPSA) is 47.3 Å². The third kappa shape index (κ3) is 1.26. The third-order valence-corrected chi connectivity index (χ3v) is 1.99. The zero-order valence-electron chi connectivity index (χ0n) is 7.16. The number of aromatic nitrogens is 3. The number of nitrogens with zero attached hydrogens (tertiary/aromatic N) is 3. The van der Waals surface area contributed by atoms with Crippen LogP contribution in [0.15, 0.2) is 12.3 Å². The summed E-state index contributed by atoms with van der Waals surface area (Å²) in [5.74, 6) is -0.945. The van der Waals surface area contributed by atoms with Crippen molar-refractivity contribution >= 4 is 23.0 Å². The van der Waals surface area contributed by atoms with Crippen molar-refractivity contribution in [3.63, 3.8) is 0 Å². The molecule has 4 nitrogen and oxygen atoms in total. The van der Waals surface area contributed by atoms with Gasteiger partial charge in [-0.1, -0.05) is 11.6 Å². The zero-order chi connectivity index (χ0) is 10.3. The second-order valence-corrected chi connectivity index (χ2v) is 3.10. The molecule has 0 N–H and O–H groups in total. The number of halogens is 2. The molecule has 0 saturated carbocycles. The minimum absolute atomic E-state index is 0.0392. The highest BCUT2D eigenvalue weighted by molar-refractivity contribution is 6.29. The van der Waals surface area contributed by atoms with Crippen LogP contribution >= 0.6 is 11.6 Å². The van der Waals surface area contributed by atoms with Gasteiger partial charge in [-0.3, -0.25) is 4.79 Å². The van der Waals surface area contributed by atoms with Crippen molar-refractivity contribution in [1.82, 2.24) is 14.6 Å². The summed E-state index contributed by atoms with van der Waals surface area (Å²) in [6, 6.07) is 1.46. The van der Waals surface area contributed by atoms with Gasteiger partial charge >= 0.3 is 0 Å². The minimum Gasteiger partial charge on any atom is -0.293 e. The molecular weight excluding hydrogens is 209 g/mol. The number of rotatable bonds is 1. The highest BCUT2D eigenvalue weighted by Crippen LogP contribution is 2.16. The van der Waals surface area contributed by atoms with Gasteiger partial charge < -0.3 is 0 Å². The molecule has 2 heterocycles. The quantitative estimate of drug-likeness (QED) is 0.678. The van der Waals surface area contributed by atoms with Crippen molar-refractivity contribution in [1.29, 1.82) is 0 Å². The van der Waals surface area contributed by atoms with Gasteiger partial charge in [-0.2, -0.15) is 9.49 Å². The first-order valence-electron chi connectivity index (χ1n) is 3.81. The standard InChI is InChI=1S/C8H5ClFN3O/c1-4(14)5-2-3-13-8(11-5)6(10)7(9)12-13/h2-3H,1H3. The number of Topliss-reactive ketones (excluding diaryl/α,β-unsaturated/α-hetero) is 1. The third-order valence-electron chi connectivity index (χ3n) is 1.75. The average Bonchev–Trinajstić information content (AvgIpc) is 2.43. The second kappa shape index (κ2) is 3.02. The van der Waals surface area contributed by atoms with Gasteiger partial charge in [0.15, 0.2) is 16.6 Å². The van der Waals surface area contributed by atoms with Crippen LogP contribution < -0.4 is 0 Å². The van der Waals surface area contributed by atoms with Gasteiger partial charge in [-0.05, 0) is 6.07 Å². The van der Waals surface area contributed by atoms with Crippen LogP contribution in [0.1, 0.15) is 17.4 Å². The molecule has 2 aromatic rings. The summed E-state index contributed by atoms with van der Waals surface area (Å²) in [6.45, 7) is 1.36. The maximum absolute atomic E-state index is 13.2. The molecule has 0 aliphatic carbocycles. The Bertz CT molecular complexity index is 523. The Balaban J connectivity index is 2.76. The molecular formula is C8H5ClFN3O. The van der Waals surface area contributed by atoms with Gasteiger partial charge in [0.25, 0.3) is 0 Å². The molecule has 0 aromatic carbocycles. The molecule has 0 fully saturated rings. The van der Waals surface area contributed by atoms with Crippen molar-refractivity contribution in [2.45, 2.75) is 6.92 Å². The highest BCUT2D eigenvalue weighted by Gasteiger charge is 2.13. The van der Waals surface area contributed by atoms with E-state index in [-0.39, 0.29) is 22.3 Å². The molecule has 2 rings (SSSR count). The summed E-state index contributed by atoms with van der Waals surface area (Å²) in [7, 11) is 0. The molecule has 0 atom stereocenters. The van der Waals surface area contributed by atoms with E-state index in [1.54, 1.807) is 0 Å². The minimum atomic E-state index is -0.713. The molecule has 2 aromatic heterocycles. The Morgan fingerprint density at radius 1 is 1.64 bits per heavy atom. The van der Waals surface area contributed by atoms with Crippen molar-refractivity contribution in [3.8, 4) is 0 Å². The first-order chi connectivity index (χ1) is 6.59. The average molecular weight is 214 g/mol. The van der Waals surface area contributed by atoms with E-state index >= 15 is 0 Å². The lowest BCUT2D eigenvalue weighted by Crippen LogP contribution is -2.00. The maximum atomic E-state index is 13.2. The lowest BCUT2D eigenvalue weighted by molar-refractivity contribution is 0.101. The van der Waals surface area contributed by atoms with Crippen LogP contribution in [0.2, 0.25) is 5.15 Å². The molecule has 0 aliphatic heterocycles. The number of hydrogen-bond donors (Lipinski definition) is 0. The fourth-order valence-electron chi connectivity index (χ4n) is 1.07. The highest BCUT2D eigenvalue weighted by atomic mass is 35.5. The van der Waals surface area contributed by atoms with Gasteiger partial charge in [0.05, 0.1) is 0 Å². The van der Waals surface area contributed by atoms with Gasteiger partial charge in [0.2, 0.25) is 5.82 Å². The summed E-state index contributed by atoms with van der Waals surface area (Å²) in [4.78, 5) is 14.7. The van der Waals surface area contributed by atoms with E-state index in [0.29, 0.717) is 0 Å². The molecule has 0 unspecified atom stereocenters. The van der Waals surface area contributed by atoms with E-state index in [2.05, 4.69) is 10.1 Å². The molecule has 0 saturated heterocycles. The van der Waals surface area contributed by atoms with Crippen LogP contribution in [0.5, 0.6) is 0 Å². The smallest absolute Gasteiger partial charge is 0.206 e. The van der Waals surface area contributed by atoms with Crippen LogP contribution in [-0.4, -0.2) is 20.4 Å². The van der Waals surface area contributed by atoms with Crippen LogP contribution in [0.3, 0.4) is 0 Å². The molecule has 0 aliphatic rings. The Hall–Kier alpha value is -1.49. The maximum Gasteiger partial charge on any atom is 0.206 e. The summed E-state index contributed by atoms with van der Waals surface area (Å²) in [5, 5.41) is 3.39. The van der Waals surface area contributed by atoms with E-state index < -0.39 is 5.82 Å². The lowest BCUT2D eigenvalue weighted by atomic mass is 10.3. The Morgan fingerprint density at radius 2 is 2.36 bits per heavy atom. The SMILES string of the molecule is CC(=O)c1ccn2nc(Cl)c(F)c2n1. The van der Waals surface area contributed by atoms with Gasteiger partial charge in [-0.15, -0.1) is 0 Å². The number of hydrogen-bond acceptors (Lipinski definition) is 3. The van der Waals surface area contributed by atoms with Gasteiger partial charge in [0, 0.05) is 13.1 Å². The number of carbonyl (C=O) groups excluding carboxylic acids is 1. The number of ketones is 1. The fourth-order valence-corrected chi connectivity index (χ4v) is 1.24. The second-order valence-electron chi connectivity index (χ2n) is 2.74. The largest absolute Gasteiger partial charge is 0.293 e. The van der Waals surface area contributed by atoms with Gasteiger partial charge in [0.1, 0.15) is 5.69 Å². The van der Waals surface area contributed by atoms with Crippen LogP contribution in [0, 0.1) is 5.82 Å². The van der Waals surface area contributed by atoms with E-state index in [1.165, 1.54) is 23.7 Å². The molecule has 0 spiro atoms. The monoisotopic (exact) mass is 213 g/mol.